The van der Waals surface area contributed by atoms with Gasteiger partial charge in [0.1, 0.15) is 12.6 Å². The molecular formula is C26H36ClN3O4S. The first-order valence-electron chi connectivity index (χ1n) is 11.8. The van der Waals surface area contributed by atoms with Crippen LogP contribution in [0.25, 0.3) is 0 Å². The lowest BCUT2D eigenvalue weighted by Crippen LogP contribution is -2.52. The molecule has 0 bridgehead atoms. The van der Waals surface area contributed by atoms with E-state index in [1.165, 1.54) is 4.90 Å². The van der Waals surface area contributed by atoms with Crippen LogP contribution in [0.1, 0.15) is 58.1 Å². The molecule has 0 spiro atoms. The maximum atomic E-state index is 13.6. The van der Waals surface area contributed by atoms with E-state index in [4.69, 9.17) is 11.6 Å². The van der Waals surface area contributed by atoms with E-state index in [-0.39, 0.29) is 24.4 Å². The fourth-order valence-electron chi connectivity index (χ4n) is 3.63. The lowest BCUT2D eigenvalue weighted by molar-refractivity contribution is -0.139. The third kappa shape index (κ3) is 7.97. The summed E-state index contributed by atoms with van der Waals surface area (Å²) in [5, 5.41) is 3.47. The Labute approximate surface area is 214 Å². The van der Waals surface area contributed by atoms with E-state index < -0.39 is 28.5 Å². The van der Waals surface area contributed by atoms with Crippen molar-refractivity contribution in [2.75, 3.05) is 17.1 Å². The first-order chi connectivity index (χ1) is 16.3. The molecule has 192 valence electrons. The highest BCUT2D eigenvalue weighted by Crippen LogP contribution is 2.29. The van der Waals surface area contributed by atoms with Gasteiger partial charge in [-0.25, -0.2) is 8.42 Å². The van der Waals surface area contributed by atoms with Crippen LogP contribution in [0.5, 0.6) is 0 Å². The predicted molar refractivity (Wildman–Crippen MR) is 142 cm³/mol. The molecule has 0 aliphatic heterocycles. The number of sulfonamides is 1. The SMILES string of the molecule is CC[C@H](C)NC(=O)[C@H](C)N(Cc1ccc(Cl)cc1)C(=O)CN(c1ccccc1C(C)C)S(C)(=O)=O. The molecule has 0 radical (unpaired) electrons. The van der Waals surface area contributed by atoms with Crippen LogP contribution in [-0.4, -0.2) is 50.0 Å². The predicted octanol–water partition coefficient (Wildman–Crippen LogP) is 4.56. The van der Waals surface area contributed by atoms with Gasteiger partial charge >= 0.3 is 0 Å². The standard InChI is InChI=1S/C26H36ClN3O4S/c1-7-19(4)28-26(32)20(5)29(16-21-12-14-22(27)15-13-21)25(31)17-30(35(6,33)34)24-11-9-8-10-23(24)18(2)3/h8-15,18-20H,7,16-17H2,1-6H3,(H,28,32)/t19-,20-/m0/s1. The minimum absolute atomic E-state index is 0.0518. The van der Waals surface area contributed by atoms with Crippen LogP contribution < -0.4 is 9.62 Å². The molecular weight excluding hydrogens is 486 g/mol. The summed E-state index contributed by atoms with van der Waals surface area (Å²) in [6, 6.07) is 13.3. The molecule has 0 aliphatic rings. The Morgan fingerprint density at radius 1 is 1.00 bits per heavy atom. The molecule has 0 heterocycles. The zero-order chi connectivity index (χ0) is 26.3. The van der Waals surface area contributed by atoms with Gasteiger partial charge in [0.25, 0.3) is 0 Å². The minimum Gasteiger partial charge on any atom is -0.352 e. The van der Waals surface area contributed by atoms with Crippen molar-refractivity contribution >= 4 is 39.1 Å². The summed E-state index contributed by atoms with van der Waals surface area (Å²) in [7, 11) is -3.78. The maximum Gasteiger partial charge on any atom is 0.244 e. The summed E-state index contributed by atoms with van der Waals surface area (Å²) in [4.78, 5) is 28.0. The number of rotatable bonds is 11. The molecule has 0 fully saturated rings. The first-order valence-corrected chi connectivity index (χ1v) is 14.0. The molecule has 35 heavy (non-hydrogen) atoms. The molecule has 0 aromatic heterocycles. The van der Waals surface area contributed by atoms with Crippen LogP contribution >= 0.6 is 11.6 Å². The Kier molecular flexibility index (Phi) is 10.2. The molecule has 1 N–H and O–H groups in total. The first kappa shape index (κ1) is 28.7. The Hall–Kier alpha value is -2.58. The number of carbonyl (C=O) groups excluding carboxylic acids is 2. The summed E-state index contributed by atoms with van der Waals surface area (Å²) in [6.07, 6.45) is 1.83. The average molecular weight is 522 g/mol. The summed E-state index contributed by atoms with van der Waals surface area (Å²) in [6.45, 7) is 9.15. The molecule has 9 heteroatoms. The molecule has 0 saturated heterocycles. The summed E-state index contributed by atoms with van der Waals surface area (Å²) >= 11 is 6.01. The Morgan fingerprint density at radius 2 is 1.60 bits per heavy atom. The normalized spacial score (nSPS) is 13.3. The monoisotopic (exact) mass is 521 g/mol. The third-order valence-corrected chi connectivity index (χ3v) is 7.32. The van der Waals surface area contributed by atoms with Gasteiger partial charge in [0.05, 0.1) is 11.9 Å². The van der Waals surface area contributed by atoms with Crippen molar-refractivity contribution in [3.8, 4) is 0 Å². The number of nitrogens with one attached hydrogen (secondary N) is 1. The van der Waals surface area contributed by atoms with Gasteiger partial charge < -0.3 is 10.2 Å². The second kappa shape index (κ2) is 12.4. The lowest BCUT2D eigenvalue weighted by atomic mass is 10.0. The van der Waals surface area contributed by atoms with Crippen LogP contribution in [0.2, 0.25) is 5.02 Å². The highest BCUT2D eigenvalue weighted by molar-refractivity contribution is 7.92. The van der Waals surface area contributed by atoms with E-state index in [0.29, 0.717) is 10.7 Å². The molecule has 2 rings (SSSR count). The van der Waals surface area contributed by atoms with Gasteiger partial charge in [0.2, 0.25) is 21.8 Å². The average Bonchev–Trinajstić information content (AvgIpc) is 2.80. The van der Waals surface area contributed by atoms with Crippen LogP contribution in [-0.2, 0) is 26.2 Å². The van der Waals surface area contributed by atoms with Crippen molar-refractivity contribution in [3.63, 3.8) is 0 Å². The number of halogens is 1. The van der Waals surface area contributed by atoms with E-state index >= 15 is 0 Å². The molecule has 0 aliphatic carbocycles. The second-order valence-electron chi connectivity index (χ2n) is 9.13. The van der Waals surface area contributed by atoms with Gasteiger partial charge in [-0.05, 0) is 55.5 Å². The number of amides is 2. The fraction of sp³-hybridized carbons (Fsp3) is 0.462. The van der Waals surface area contributed by atoms with Crippen LogP contribution in [0.15, 0.2) is 48.5 Å². The fourth-order valence-corrected chi connectivity index (χ4v) is 4.63. The third-order valence-electron chi connectivity index (χ3n) is 5.94. The molecule has 2 atom stereocenters. The quantitative estimate of drug-likeness (QED) is 0.469. The van der Waals surface area contributed by atoms with Crippen molar-refractivity contribution in [2.24, 2.45) is 0 Å². The van der Waals surface area contributed by atoms with E-state index in [2.05, 4.69) is 5.32 Å². The molecule has 0 unspecified atom stereocenters. The summed E-state index contributed by atoms with van der Waals surface area (Å²) in [5.41, 5.74) is 2.05. The number of hydrogen-bond acceptors (Lipinski definition) is 4. The largest absolute Gasteiger partial charge is 0.352 e. The van der Waals surface area contributed by atoms with Crippen LogP contribution in [0.4, 0.5) is 5.69 Å². The lowest BCUT2D eigenvalue weighted by Gasteiger charge is -2.32. The number of hydrogen-bond donors (Lipinski definition) is 1. The smallest absolute Gasteiger partial charge is 0.244 e. The summed E-state index contributed by atoms with van der Waals surface area (Å²) < 4.78 is 26.7. The number of carbonyl (C=O) groups is 2. The van der Waals surface area contributed by atoms with Crippen molar-refractivity contribution in [3.05, 3.63) is 64.7 Å². The number of para-hydroxylation sites is 1. The highest BCUT2D eigenvalue weighted by atomic mass is 35.5. The van der Waals surface area contributed by atoms with Crippen molar-refractivity contribution < 1.29 is 18.0 Å². The minimum atomic E-state index is -3.78. The summed E-state index contributed by atoms with van der Waals surface area (Å²) in [5.74, 6) is -0.721. The van der Waals surface area contributed by atoms with Crippen molar-refractivity contribution in [2.45, 2.75) is 65.6 Å². The Bertz CT molecular complexity index is 1120. The molecule has 2 aromatic rings. The van der Waals surface area contributed by atoms with E-state index in [1.807, 2.05) is 39.8 Å². The van der Waals surface area contributed by atoms with Crippen molar-refractivity contribution in [1.82, 2.24) is 10.2 Å². The van der Waals surface area contributed by atoms with Gasteiger partial charge in [0.15, 0.2) is 0 Å². The topological polar surface area (TPSA) is 86.8 Å². The van der Waals surface area contributed by atoms with Gasteiger partial charge in [-0.15, -0.1) is 0 Å². The van der Waals surface area contributed by atoms with Gasteiger partial charge in [-0.2, -0.15) is 0 Å². The van der Waals surface area contributed by atoms with Crippen LogP contribution in [0.3, 0.4) is 0 Å². The van der Waals surface area contributed by atoms with Crippen LogP contribution in [0, 0.1) is 0 Å². The van der Waals surface area contributed by atoms with E-state index in [9.17, 15) is 18.0 Å². The second-order valence-corrected chi connectivity index (χ2v) is 11.5. The van der Waals surface area contributed by atoms with Gasteiger partial charge in [-0.3, -0.25) is 13.9 Å². The molecule has 7 nitrogen and oxygen atoms in total. The van der Waals surface area contributed by atoms with Crippen molar-refractivity contribution in [1.29, 1.82) is 0 Å². The zero-order valence-corrected chi connectivity index (χ0v) is 22.9. The Balaban J connectivity index is 2.44. The number of anilines is 1. The zero-order valence-electron chi connectivity index (χ0n) is 21.3. The highest BCUT2D eigenvalue weighted by Gasteiger charge is 2.31. The van der Waals surface area contributed by atoms with Gasteiger partial charge in [-0.1, -0.05) is 62.7 Å². The molecule has 2 aromatic carbocycles. The molecule has 2 amide bonds. The van der Waals surface area contributed by atoms with E-state index in [1.54, 1.807) is 43.3 Å². The number of benzene rings is 2. The Morgan fingerprint density at radius 3 is 2.14 bits per heavy atom. The molecule has 0 saturated carbocycles. The van der Waals surface area contributed by atoms with Gasteiger partial charge in [0, 0.05) is 17.6 Å². The maximum absolute atomic E-state index is 13.6. The van der Waals surface area contributed by atoms with E-state index in [0.717, 1.165) is 28.1 Å². The number of nitrogens with zero attached hydrogens (tertiary/aromatic N) is 2.